The van der Waals surface area contributed by atoms with Crippen LogP contribution in [0, 0.1) is 0 Å². The molecule has 4 aromatic rings. The third-order valence-corrected chi connectivity index (χ3v) is 6.01. The van der Waals surface area contributed by atoms with E-state index in [1.165, 1.54) is 0 Å². The van der Waals surface area contributed by atoms with Crippen molar-refractivity contribution in [1.29, 1.82) is 0 Å². The van der Waals surface area contributed by atoms with Crippen molar-refractivity contribution >= 4 is 17.5 Å². The number of benzene rings is 2. The largest absolute Gasteiger partial charge is 0.358 e. The summed E-state index contributed by atoms with van der Waals surface area (Å²) < 4.78 is 1.81. The van der Waals surface area contributed by atoms with Crippen LogP contribution in [0.1, 0.15) is 22.1 Å². The molecule has 8 heteroatoms. The molecule has 5 rings (SSSR count). The van der Waals surface area contributed by atoms with Gasteiger partial charge < -0.3 is 15.1 Å². The van der Waals surface area contributed by atoms with Gasteiger partial charge in [0.2, 0.25) is 5.91 Å². The number of rotatable bonds is 5. The van der Waals surface area contributed by atoms with E-state index in [1.54, 1.807) is 37.5 Å². The summed E-state index contributed by atoms with van der Waals surface area (Å²) in [6, 6.07) is 21.0. The number of carbonyl (C=O) groups excluding carboxylic acids is 2. The summed E-state index contributed by atoms with van der Waals surface area (Å²) in [6.07, 6.45) is 4.83. The summed E-state index contributed by atoms with van der Waals surface area (Å²) >= 11 is 0. The van der Waals surface area contributed by atoms with Crippen LogP contribution in [0.15, 0.2) is 85.3 Å². The second kappa shape index (κ2) is 8.82. The highest BCUT2D eigenvalue weighted by atomic mass is 16.2. The van der Waals surface area contributed by atoms with Crippen LogP contribution >= 0.6 is 0 Å². The third-order valence-electron chi connectivity index (χ3n) is 6.01. The lowest BCUT2D eigenvalue weighted by molar-refractivity contribution is -0.119. The SMILES string of the molecule is CNC(=O)CN1c2ccccc2C(=O)N(C)C1c1cn(-c2ccccc2)nc1-c1ccncc1. The van der Waals surface area contributed by atoms with Crippen molar-refractivity contribution in [3.05, 3.63) is 96.4 Å². The van der Waals surface area contributed by atoms with Crippen LogP contribution in [-0.4, -0.2) is 52.1 Å². The molecule has 0 bridgehead atoms. The highest BCUT2D eigenvalue weighted by molar-refractivity contribution is 6.03. The van der Waals surface area contributed by atoms with Gasteiger partial charge >= 0.3 is 0 Å². The maximum atomic E-state index is 13.4. The number of para-hydroxylation sites is 2. The first-order chi connectivity index (χ1) is 16.6. The van der Waals surface area contributed by atoms with Gasteiger partial charge in [-0.05, 0) is 36.4 Å². The van der Waals surface area contributed by atoms with E-state index in [9.17, 15) is 9.59 Å². The lowest BCUT2D eigenvalue weighted by atomic mass is 10.00. The minimum absolute atomic E-state index is 0.0854. The van der Waals surface area contributed by atoms with E-state index in [-0.39, 0.29) is 18.4 Å². The number of aromatic nitrogens is 3. The Balaban J connectivity index is 1.72. The Kier molecular flexibility index (Phi) is 5.55. The summed E-state index contributed by atoms with van der Waals surface area (Å²) in [6.45, 7) is 0.0854. The van der Waals surface area contributed by atoms with Crippen LogP contribution in [-0.2, 0) is 4.79 Å². The van der Waals surface area contributed by atoms with E-state index in [0.717, 1.165) is 22.5 Å². The number of hydrogen-bond acceptors (Lipinski definition) is 5. The van der Waals surface area contributed by atoms with Gasteiger partial charge in [0.1, 0.15) is 6.17 Å². The van der Waals surface area contributed by atoms with Gasteiger partial charge in [-0.1, -0.05) is 30.3 Å². The monoisotopic (exact) mass is 452 g/mol. The second-order valence-corrected chi connectivity index (χ2v) is 8.06. The Morgan fingerprint density at radius 2 is 1.71 bits per heavy atom. The van der Waals surface area contributed by atoms with Crippen molar-refractivity contribution in [2.24, 2.45) is 0 Å². The molecule has 0 saturated carbocycles. The molecule has 0 spiro atoms. The van der Waals surface area contributed by atoms with Gasteiger partial charge in [-0.15, -0.1) is 0 Å². The topological polar surface area (TPSA) is 83.4 Å². The number of nitrogens with zero attached hydrogens (tertiary/aromatic N) is 5. The van der Waals surface area contributed by atoms with E-state index in [2.05, 4.69) is 10.3 Å². The van der Waals surface area contributed by atoms with E-state index in [4.69, 9.17) is 5.10 Å². The first-order valence-electron chi connectivity index (χ1n) is 11.0. The number of amides is 2. The number of hydrogen-bond donors (Lipinski definition) is 1. The van der Waals surface area contributed by atoms with Crippen LogP contribution in [0.25, 0.3) is 16.9 Å². The van der Waals surface area contributed by atoms with E-state index in [0.29, 0.717) is 11.3 Å². The zero-order valence-electron chi connectivity index (χ0n) is 18.9. The molecule has 0 radical (unpaired) electrons. The quantitative estimate of drug-likeness (QED) is 0.503. The molecule has 2 aromatic carbocycles. The van der Waals surface area contributed by atoms with Crippen molar-refractivity contribution in [3.8, 4) is 16.9 Å². The molecular weight excluding hydrogens is 428 g/mol. The predicted octanol–water partition coefficient (Wildman–Crippen LogP) is 3.27. The molecule has 1 aliphatic rings. The van der Waals surface area contributed by atoms with E-state index in [1.807, 2.05) is 76.4 Å². The molecule has 1 aliphatic heterocycles. The molecule has 2 amide bonds. The Morgan fingerprint density at radius 1 is 1.00 bits per heavy atom. The molecule has 0 saturated heterocycles. The molecule has 1 atom stereocenters. The Hall–Kier alpha value is -4.46. The average Bonchev–Trinajstić information content (AvgIpc) is 3.33. The lowest BCUT2D eigenvalue weighted by Crippen LogP contribution is -2.50. The van der Waals surface area contributed by atoms with Gasteiger partial charge in [-0.25, -0.2) is 4.68 Å². The Morgan fingerprint density at radius 3 is 2.44 bits per heavy atom. The van der Waals surface area contributed by atoms with Gasteiger partial charge in [-0.2, -0.15) is 5.10 Å². The smallest absolute Gasteiger partial charge is 0.257 e. The Bertz CT molecular complexity index is 1340. The summed E-state index contributed by atoms with van der Waals surface area (Å²) in [5.74, 6) is -0.259. The predicted molar refractivity (Wildman–Crippen MR) is 129 cm³/mol. The third kappa shape index (κ3) is 3.69. The first kappa shape index (κ1) is 21.4. The number of nitrogens with one attached hydrogen (secondary N) is 1. The second-order valence-electron chi connectivity index (χ2n) is 8.06. The molecule has 1 N–H and O–H groups in total. The number of fused-ring (bicyclic) bond motifs is 1. The molecule has 8 nitrogen and oxygen atoms in total. The summed E-state index contributed by atoms with van der Waals surface area (Å²) in [4.78, 5) is 33.7. The fourth-order valence-corrected chi connectivity index (χ4v) is 4.35. The maximum Gasteiger partial charge on any atom is 0.257 e. The van der Waals surface area contributed by atoms with Crippen molar-refractivity contribution in [2.45, 2.75) is 6.17 Å². The van der Waals surface area contributed by atoms with Crippen molar-refractivity contribution < 1.29 is 9.59 Å². The molecule has 170 valence electrons. The average molecular weight is 453 g/mol. The van der Waals surface area contributed by atoms with Gasteiger partial charge in [0.05, 0.1) is 29.2 Å². The molecule has 2 aromatic heterocycles. The molecular formula is C26H24N6O2. The maximum absolute atomic E-state index is 13.4. The number of anilines is 1. The first-order valence-corrected chi connectivity index (χ1v) is 11.0. The Labute approximate surface area is 197 Å². The van der Waals surface area contributed by atoms with Crippen LogP contribution in [0.5, 0.6) is 0 Å². The zero-order chi connectivity index (χ0) is 23.7. The van der Waals surface area contributed by atoms with Gasteiger partial charge in [0.15, 0.2) is 0 Å². The summed E-state index contributed by atoms with van der Waals surface area (Å²) in [5, 5.41) is 7.60. The normalized spacial score (nSPS) is 15.2. The van der Waals surface area contributed by atoms with Crippen molar-refractivity contribution in [3.63, 3.8) is 0 Å². The van der Waals surface area contributed by atoms with Crippen LogP contribution in [0.2, 0.25) is 0 Å². The minimum atomic E-state index is -0.541. The summed E-state index contributed by atoms with van der Waals surface area (Å²) in [5.41, 5.74) is 4.58. The molecule has 3 heterocycles. The van der Waals surface area contributed by atoms with Crippen LogP contribution in [0.4, 0.5) is 5.69 Å². The van der Waals surface area contributed by atoms with E-state index >= 15 is 0 Å². The van der Waals surface area contributed by atoms with Gasteiger partial charge in [0, 0.05) is 43.8 Å². The highest BCUT2D eigenvalue weighted by Crippen LogP contribution is 2.41. The number of pyridine rings is 1. The fourth-order valence-electron chi connectivity index (χ4n) is 4.35. The fraction of sp³-hybridized carbons (Fsp3) is 0.154. The van der Waals surface area contributed by atoms with Gasteiger partial charge in [-0.3, -0.25) is 14.6 Å². The molecule has 0 aliphatic carbocycles. The van der Waals surface area contributed by atoms with Crippen molar-refractivity contribution in [1.82, 2.24) is 25.0 Å². The molecule has 34 heavy (non-hydrogen) atoms. The molecule has 0 fully saturated rings. The standard InChI is InChI=1S/C26H24N6O2/c1-27-23(33)17-31-22-11-7-6-10-20(22)26(34)30(2)25(31)21-16-32(19-8-4-3-5-9-19)29-24(21)18-12-14-28-15-13-18/h3-16,25H,17H2,1-2H3,(H,27,33). The summed E-state index contributed by atoms with van der Waals surface area (Å²) in [7, 11) is 3.37. The van der Waals surface area contributed by atoms with Crippen LogP contribution in [0.3, 0.4) is 0 Å². The van der Waals surface area contributed by atoms with Crippen LogP contribution < -0.4 is 10.2 Å². The van der Waals surface area contributed by atoms with Crippen molar-refractivity contribution in [2.75, 3.05) is 25.5 Å². The highest BCUT2D eigenvalue weighted by Gasteiger charge is 2.39. The number of likely N-dealkylation sites (N-methyl/N-ethyl adjacent to an activating group) is 1. The number of carbonyl (C=O) groups is 2. The zero-order valence-corrected chi connectivity index (χ0v) is 18.9. The molecule has 1 unspecified atom stereocenters. The minimum Gasteiger partial charge on any atom is -0.358 e. The lowest BCUT2D eigenvalue weighted by Gasteiger charge is -2.43. The van der Waals surface area contributed by atoms with E-state index < -0.39 is 6.17 Å². The van der Waals surface area contributed by atoms with Gasteiger partial charge in [0.25, 0.3) is 5.91 Å².